The summed E-state index contributed by atoms with van der Waals surface area (Å²) in [6, 6.07) is 14.4. The SMILES string of the molecule is CC(=O)Nc1ccc(S(=O)(=O)N(CC(C)C)C[C@H](O)C(Cc2ccccc2)NC(=O)O[C@H]2CCOC2)cc1. The summed E-state index contributed by atoms with van der Waals surface area (Å²) in [6.45, 7) is 5.90. The van der Waals surface area contributed by atoms with E-state index in [2.05, 4.69) is 10.6 Å². The van der Waals surface area contributed by atoms with Gasteiger partial charge in [-0.2, -0.15) is 4.31 Å². The zero-order valence-corrected chi connectivity index (χ0v) is 22.8. The minimum atomic E-state index is -3.99. The summed E-state index contributed by atoms with van der Waals surface area (Å²) in [7, 11) is -3.99. The number of aliphatic hydroxyl groups excluding tert-OH is 1. The van der Waals surface area contributed by atoms with Crippen LogP contribution in [0, 0.1) is 5.92 Å². The lowest BCUT2D eigenvalue weighted by Crippen LogP contribution is -2.51. The molecular formula is C27H37N3O7S. The number of amides is 2. The van der Waals surface area contributed by atoms with Crippen molar-refractivity contribution in [3.8, 4) is 0 Å². The summed E-state index contributed by atoms with van der Waals surface area (Å²) in [5, 5.41) is 16.6. The number of carbonyl (C=O) groups is 2. The Morgan fingerprint density at radius 3 is 2.37 bits per heavy atom. The molecule has 0 spiro atoms. The van der Waals surface area contributed by atoms with Crippen molar-refractivity contribution >= 4 is 27.7 Å². The van der Waals surface area contributed by atoms with Crippen molar-refractivity contribution in [1.82, 2.24) is 9.62 Å². The number of carbonyl (C=O) groups excluding carboxylic acids is 2. The van der Waals surface area contributed by atoms with Crippen LogP contribution in [0.2, 0.25) is 0 Å². The molecule has 1 aliphatic heterocycles. The number of rotatable bonds is 12. The largest absolute Gasteiger partial charge is 0.444 e. The van der Waals surface area contributed by atoms with Crippen molar-refractivity contribution < 1.29 is 32.6 Å². The molecule has 38 heavy (non-hydrogen) atoms. The van der Waals surface area contributed by atoms with Crippen LogP contribution in [0.4, 0.5) is 10.5 Å². The molecule has 0 radical (unpaired) electrons. The average molecular weight is 548 g/mol. The fraction of sp³-hybridized carbons (Fsp3) is 0.481. The zero-order valence-electron chi connectivity index (χ0n) is 22.0. The summed E-state index contributed by atoms with van der Waals surface area (Å²) < 4.78 is 39.1. The average Bonchev–Trinajstić information content (AvgIpc) is 3.36. The summed E-state index contributed by atoms with van der Waals surface area (Å²) in [4.78, 5) is 24.0. The number of ether oxygens (including phenoxy) is 2. The minimum absolute atomic E-state index is 0.0245. The smallest absolute Gasteiger partial charge is 0.407 e. The molecule has 2 amide bonds. The van der Waals surface area contributed by atoms with E-state index in [1.165, 1.54) is 35.5 Å². The Hall–Kier alpha value is -2.99. The highest BCUT2D eigenvalue weighted by atomic mass is 32.2. The van der Waals surface area contributed by atoms with E-state index in [1.54, 1.807) is 0 Å². The molecule has 2 aromatic rings. The molecule has 1 aliphatic rings. The number of sulfonamides is 1. The molecule has 1 fully saturated rings. The van der Waals surface area contributed by atoms with Crippen LogP contribution >= 0.6 is 0 Å². The third-order valence-electron chi connectivity index (χ3n) is 6.00. The lowest BCUT2D eigenvalue weighted by Gasteiger charge is -2.30. The number of anilines is 1. The fourth-order valence-electron chi connectivity index (χ4n) is 4.17. The highest BCUT2D eigenvalue weighted by Gasteiger charge is 2.32. The Morgan fingerprint density at radius 2 is 1.79 bits per heavy atom. The van der Waals surface area contributed by atoms with Crippen molar-refractivity contribution in [2.75, 3.05) is 31.6 Å². The molecule has 2 aromatic carbocycles. The topological polar surface area (TPSA) is 134 Å². The van der Waals surface area contributed by atoms with Crippen molar-refractivity contribution in [1.29, 1.82) is 0 Å². The highest BCUT2D eigenvalue weighted by Crippen LogP contribution is 2.21. The van der Waals surface area contributed by atoms with Gasteiger partial charge in [0.05, 0.1) is 30.3 Å². The third-order valence-corrected chi connectivity index (χ3v) is 7.85. The Kier molecular flexibility index (Phi) is 10.7. The number of hydrogen-bond acceptors (Lipinski definition) is 7. The number of hydrogen-bond donors (Lipinski definition) is 3. The second-order valence-electron chi connectivity index (χ2n) is 9.82. The molecule has 0 bridgehead atoms. The van der Waals surface area contributed by atoms with Crippen molar-refractivity contribution in [2.45, 2.75) is 56.8 Å². The van der Waals surface area contributed by atoms with E-state index in [0.717, 1.165) is 5.56 Å². The Balaban J connectivity index is 1.80. The first-order chi connectivity index (χ1) is 18.0. The highest BCUT2D eigenvalue weighted by molar-refractivity contribution is 7.89. The zero-order chi connectivity index (χ0) is 27.7. The molecule has 3 rings (SSSR count). The van der Waals surface area contributed by atoms with Crippen LogP contribution in [0.5, 0.6) is 0 Å². The molecule has 3 N–H and O–H groups in total. The van der Waals surface area contributed by atoms with Gasteiger partial charge in [-0.3, -0.25) is 4.79 Å². The molecule has 3 atom stereocenters. The van der Waals surface area contributed by atoms with Gasteiger partial charge in [0.1, 0.15) is 6.10 Å². The second-order valence-corrected chi connectivity index (χ2v) is 11.8. The van der Waals surface area contributed by atoms with Crippen LogP contribution in [-0.2, 0) is 30.7 Å². The van der Waals surface area contributed by atoms with Crippen LogP contribution in [0.25, 0.3) is 0 Å². The molecule has 0 aromatic heterocycles. The molecule has 1 heterocycles. The molecule has 0 saturated carbocycles. The molecule has 1 saturated heterocycles. The monoisotopic (exact) mass is 547 g/mol. The summed E-state index contributed by atoms with van der Waals surface area (Å²) >= 11 is 0. The molecule has 1 unspecified atom stereocenters. The lowest BCUT2D eigenvalue weighted by atomic mass is 10.0. The van der Waals surface area contributed by atoms with E-state index < -0.39 is 28.3 Å². The Bertz CT molecular complexity index is 1150. The third kappa shape index (κ3) is 8.80. The number of aliphatic hydroxyl groups is 1. The number of alkyl carbamates (subject to hydrolysis) is 1. The van der Waals surface area contributed by atoms with Crippen molar-refractivity contribution in [3.63, 3.8) is 0 Å². The van der Waals surface area contributed by atoms with Gasteiger partial charge in [0.15, 0.2) is 0 Å². The molecule has 11 heteroatoms. The van der Waals surface area contributed by atoms with E-state index in [9.17, 15) is 23.1 Å². The molecular weight excluding hydrogens is 510 g/mol. The van der Waals surface area contributed by atoms with Crippen LogP contribution < -0.4 is 10.6 Å². The fourth-order valence-corrected chi connectivity index (χ4v) is 5.79. The van der Waals surface area contributed by atoms with E-state index in [1.807, 2.05) is 44.2 Å². The first-order valence-electron chi connectivity index (χ1n) is 12.7. The van der Waals surface area contributed by atoms with Gasteiger partial charge in [-0.15, -0.1) is 0 Å². The number of nitrogens with zero attached hydrogens (tertiary/aromatic N) is 1. The maximum Gasteiger partial charge on any atom is 0.407 e. The van der Waals surface area contributed by atoms with Crippen LogP contribution in [0.1, 0.15) is 32.8 Å². The van der Waals surface area contributed by atoms with E-state index in [0.29, 0.717) is 25.3 Å². The second kappa shape index (κ2) is 13.7. The van der Waals surface area contributed by atoms with Gasteiger partial charge >= 0.3 is 6.09 Å². The number of benzene rings is 2. The summed E-state index contributed by atoms with van der Waals surface area (Å²) in [5.74, 6) is -0.287. The standard InChI is InChI=1S/C27H37N3O7S/c1-19(2)16-30(38(34,35)24-11-9-22(10-12-24)28-20(3)31)17-26(32)25(15-21-7-5-4-6-8-21)29-27(33)37-23-13-14-36-18-23/h4-12,19,23,25-26,32H,13-18H2,1-3H3,(H,28,31)(H,29,33)/t23-,25?,26-/m0/s1. The van der Waals surface area contributed by atoms with Crippen molar-refractivity contribution in [3.05, 3.63) is 60.2 Å². The maximum absolute atomic E-state index is 13.6. The first kappa shape index (κ1) is 29.6. The van der Waals surface area contributed by atoms with Gasteiger partial charge < -0.3 is 25.2 Å². The quantitative estimate of drug-likeness (QED) is 0.372. The van der Waals surface area contributed by atoms with Crippen LogP contribution in [0.15, 0.2) is 59.5 Å². The molecule has 10 nitrogen and oxygen atoms in total. The van der Waals surface area contributed by atoms with Gasteiger partial charge in [0, 0.05) is 32.1 Å². The van der Waals surface area contributed by atoms with Crippen LogP contribution in [-0.4, -0.2) is 74.4 Å². The normalized spacial score (nSPS) is 17.3. The van der Waals surface area contributed by atoms with Gasteiger partial charge in [0.2, 0.25) is 15.9 Å². The first-order valence-corrected chi connectivity index (χ1v) is 14.1. The van der Waals surface area contributed by atoms with Gasteiger partial charge in [-0.25, -0.2) is 13.2 Å². The van der Waals surface area contributed by atoms with E-state index in [4.69, 9.17) is 9.47 Å². The number of nitrogens with one attached hydrogen (secondary N) is 2. The lowest BCUT2D eigenvalue weighted by molar-refractivity contribution is -0.114. The minimum Gasteiger partial charge on any atom is -0.444 e. The Labute approximate surface area is 224 Å². The molecule has 0 aliphatic carbocycles. The van der Waals surface area contributed by atoms with Crippen LogP contribution in [0.3, 0.4) is 0 Å². The van der Waals surface area contributed by atoms with E-state index >= 15 is 0 Å². The predicted octanol–water partition coefficient (Wildman–Crippen LogP) is 2.78. The van der Waals surface area contributed by atoms with Gasteiger partial charge in [-0.1, -0.05) is 44.2 Å². The maximum atomic E-state index is 13.6. The van der Waals surface area contributed by atoms with Crippen molar-refractivity contribution in [2.24, 2.45) is 5.92 Å². The predicted molar refractivity (Wildman–Crippen MR) is 143 cm³/mol. The van der Waals surface area contributed by atoms with Gasteiger partial charge in [-0.05, 0) is 42.2 Å². The summed E-state index contributed by atoms with van der Waals surface area (Å²) in [6.07, 6.45) is -1.40. The summed E-state index contributed by atoms with van der Waals surface area (Å²) in [5.41, 5.74) is 1.35. The van der Waals surface area contributed by atoms with Gasteiger partial charge in [0.25, 0.3) is 0 Å². The van der Waals surface area contributed by atoms with E-state index in [-0.39, 0.29) is 42.3 Å². The molecule has 208 valence electrons. The Morgan fingerprint density at radius 1 is 1.11 bits per heavy atom.